The number of aromatic hydroxyl groups is 1. The van der Waals surface area contributed by atoms with Gasteiger partial charge in [-0.15, -0.1) is 0 Å². The Bertz CT molecular complexity index is 708. The summed E-state index contributed by atoms with van der Waals surface area (Å²) in [7, 11) is 0. The van der Waals surface area contributed by atoms with E-state index in [0.29, 0.717) is 5.76 Å². The second-order valence-corrected chi connectivity index (χ2v) is 4.88. The molecule has 2 rings (SSSR count). The third-order valence-electron chi connectivity index (χ3n) is 2.90. The van der Waals surface area contributed by atoms with Gasteiger partial charge in [0, 0.05) is 6.07 Å². The van der Waals surface area contributed by atoms with E-state index >= 15 is 0 Å². The number of hydrogen-bond acceptors (Lipinski definition) is 6. The molecule has 0 unspecified atom stereocenters. The van der Waals surface area contributed by atoms with E-state index in [9.17, 15) is 14.7 Å². The number of benzene rings is 1. The number of anilines is 1. The van der Waals surface area contributed by atoms with Crippen molar-refractivity contribution >= 4 is 17.7 Å². The average molecular weight is 304 g/mol. The van der Waals surface area contributed by atoms with Crippen LogP contribution in [0, 0.1) is 13.8 Å². The normalized spacial score (nSPS) is 11.8. The number of phenolic OH excluding ortho intramolecular Hbond substituents is 1. The molecule has 0 bridgehead atoms. The fourth-order valence-electron chi connectivity index (χ4n) is 1.74. The minimum atomic E-state index is -1.05. The standard InChI is InChI=1S/C15H16N2O5/c1-8-4-5-12(18)11(6-8)15(20)21-10(3)14(19)16-13-7-9(2)22-17-13/h4-7,10,18H,1-3H3,(H,16,17,19)/t10-/m1/s1. The fourth-order valence-corrected chi connectivity index (χ4v) is 1.74. The molecule has 0 aliphatic heterocycles. The van der Waals surface area contributed by atoms with Crippen molar-refractivity contribution in [3.8, 4) is 5.75 Å². The molecule has 2 aromatic rings. The number of esters is 1. The van der Waals surface area contributed by atoms with E-state index in [1.54, 1.807) is 26.0 Å². The lowest BCUT2D eigenvalue weighted by Gasteiger charge is -2.13. The SMILES string of the molecule is Cc1ccc(O)c(C(=O)O[C@H](C)C(=O)Nc2cc(C)on2)c1. The van der Waals surface area contributed by atoms with Gasteiger partial charge in [-0.2, -0.15) is 0 Å². The summed E-state index contributed by atoms with van der Waals surface area (Å²) in [4.78, 5) is 23.9. The van der Waals surface area contributed by atoms with Gasteiger partial charge in [0.1, 0.15) is 17.1 Å². The molecule has 0 aliphatic rings. The van der Waals surface area contributed by atoms with Crippen molar-refractivity contribution in [2.45, 2.75) is 26.9 Å². The number of aromatic nitrogens is 1. The minimum absolute atomic E-state index is 0.0110. The molecule has 0 fully saturated rings. The Morgan fingerprint density at radius 3 is 2.68 bits per heavy atom. The molecule has 1 atom stereocenters. The zero-order valence-corrected chi connectivity index (χ0v) is 12.4. The summed E-state index contributed by atoms with van der Waals surface area (Å²) in [5.74, 6) is -0.738. The Morgan fingerprint density at radius 2 is 2.05 bits per heavy atom. The Kier molecular flexibility index (Phi) is 4.45. The van der Waals surface area contributed by atoms with Crippen LogP contribution in [0.3, 0.4) is 0 Å². The van der Waals surface area contributed by atoms with Crippen LogP contribution in [-0.2, 0) is 9.53 Å². The van der Waals surface area contributed by atoms with E-state index in [2.05, 4.69) is 10.5 Å². The van der Waals surface area contributed by atoms with Gasteiger partial charge in [-0.25, -0.2) is 4.79 Å². The molecule has 1 heterocycles. The number of aryl methyl sites for hydroxylation is 2. The number of nitrogens with zero attached hydrogens (tertiary/aromatic N) is 1. The van der Waals surface area contributed by atoms with Crippen LogP contribution < -0.4 is 5.32 Å². The quantitative estimate of drug-likeness (QED) is 0.839. The van der Waals surface area contributed by atoms with Crippen molar-refractivity contribution < 1.29 is 24.0 Å². The first kappa shape index (κ1) is 15.6. The Balaban J connectivity index is 2.01. The monoisotopic (exact) mass is 304 g/mol. The van der Waals surface area contributed by atoms with Crippen LogP contribution in [0.2, 0.25) is 0 Å². The number of hydrogen-bond donors (Lipinski definition) is 2. The second-order valence-electron chi connectivity index (χ2n) is 4.88. The average Bonchev–Trinajstić information content (AvgIpc) is 2.86. The molecule has 0 spiro atoms. The lowest BCUT2D eigenvalue weighted by Crippen LogP contribution is -2.30. The lowest BCUT2D eigenvalue weighted by molar-refractivity contribution is -0.123. The molecule has 22 heavy (non-hydrogen) atoms. The molecule has 0 saturated carbocycles. The lowest BCUT2D eigenvalue weighted by atomic mass is 10.1. The third kappa shape index (κ3) is 3.63. The van der Waals surface area contributed by atoms with Crippen LogP contribution in [0.1, 0.15) is 28.6 Å². The van der Waals surface area contributed by atoms with E-state index in [-0.39, 0.29) is 17.1 Å². The summed E-state index contributed by atoms with van der Waals surface area (Å²) in [5.41, 5.74) is 0.803. The molecular formula is C15H16N2O5. The first-order chi connectivity index (χ1) is 10.4. The first-order valence-corrected chi connectivity index (χ1v) is 6.61. The van der Waals surface area contributed by atoms with Crippen molar-refractivity contribution in [2.24, 2.45) is 0 Å². The summed E-state index contributed by atoms with van der Waals surface area (Å²) < 4.78 is 9.86. The van der Waals surface area contributed by atoms with Crippen molar-refractivity contribution in [3.05, 3.63) is 41.2 Å². The summed E-state index contributed by atoms with van der Waals surface area (Å²) >= 11 is 0. The van der Waals surface area contributed by atoms with Crippen LogP contribution in [0.25, 0.3) is 0 Å². The molecule has 1 aromatic carbocycles. The Morgan fingerprint density at radius 1 is 1.32 bits per heavy atom. The van der Waals surface area contributed by atoms with Crippen molar-refractivity contribution in [1.29, 1.82) is 0 Å². The summed E-state index contributed by atoms with van der Waals surface area (Å²) in [6.07, 6.45) is -1.05. The van der Waals surface area contributed by atoms with Gasteiger partial charge in [0.25, 0.3) is 5.91 Å². The maximum Gasteiger partial charge on any atom is 0.342 e. The topological polar surface area (TPSA) is 102 Å². The van der Waals surface area contributed by atoms with Crippen molar-refractivity contribution in [1.82, 2.24) is 5.16 Å². The minimum Gasteiger partial charge on any atom is -0.507 e. The largest absolute Gasteiger partial charge is 0.507 e. The van der Waals surface area contributed by atoms with E-state index in [4.69, 9.17) is 9.26 Å². The van der Waals surface area contributed by atoms with Gasteiger partial charge in [0.05, 0.1) is 0 Å². The van der Waals surface area contributed by atoms with E-state index in [0.717, 1.165) is 5.56 Å². The molecule has 7 nitrogen and oxygen atoms in total. The molecule has 0 aliphatic carbocycles. The molecular weight excluding hydrogens is 288 g/mol. The molecule has 116 valence electrons. The van der Waals surface area contributed by atoms with Gasteiger partial charge in [-0.3, -0.25) is 4.79 Å². The summed E-state index contributed by atoms with van der Waals surface area (Å²) in [6, 6.07) is 6.09. The van der Waals surface area contributed by atoms with Crippen LogP contribution in [0.5, 0.6) is 5.75 Å². The number of rotatable bonds is 4. The Labute approximate surface area is 126 Å². The van der Waals surface area contributed by atoms with Gasteiger partial charge in [0.2, 0.25) is 0 Å². The van der Waals surface area contributed by atoms with Crippen molar-refractivity contribution in [2.75, 3.05) is 5.32 Å². The molecule has 2 N–H and O–H groups in total. The van der Waals surface area contributed by atoms with Gasteiger partial charge >= 0.3 is 5.97 Å². The van der Waals surface area contributed by atoms with E-state index < -0.39 is 18.0 Å². The van der Waals surface area contributed by atoms with E-state index in [1.165, 1.54) is 19.1 Å². The number of nitrogens with one attached hydrogen (secondary N) is 1. The fraction of sp³-hybridized carbons (Fsp3) is 0.267. The highest BCUT2D eigenvalue weighted by molar-refractivity contribution is 5.97. The molecule has 7 heteroatoms. The van der Waals surface area contributed by atoms with Crippen LogP contribution in [0.15, 0.2) is 28.8 Å². The number of phenols is 1. The smallest absolute Gasteiger partial charge is 0.342 e. The molecule has 1 amide bonds. The zero-order valence-electron chi connectivity index (χ0n) is 12.4. The highest BCUT2D eigenvalue weighted by Gasteiger charge is 2.21. The van der Waals surface area contributed by atoms with Crippen LogP contribution >= 0.6 is 0 Å². The van der Waals surface area contributed by atoms with Gasteiger partial charge < -0.3 is 19.7 Å². The van der Waals surface area contributed by atoms with Gasteiger partial charge in [-0.05, 0) is 32.9 Å². The maximum atomic E-state index is 12.0. The van der Waals surface area contributed by atoms with Gasteiger partial charge in [0.15, 0.2) is 11.9 Å². The number of ether oxygens (including phenoxy) is 1. The predicted molar refractivity (Wildman–Crippen MR) is 77.6 cm³/mol. The first-order valence-electron chi connectivity index (χ1n) is 6.61. The number of carbonyl (C=O) groups is 2. The predicted octanol–water partition coefficient (Wildman–Crippen LogP) is 2.18. The highest BCUT2D eigenvalue weighted by atomic mass is 16.5. The molecule has 1 aromatic heterocycles. The maximum absolute atomic E-state index is 12.0. The highest BCUT2D eigenvalue weighted by Crippen LogP contribution is 2.20. The van der Waals surface area contributed by atoms with Crippen molar-refractivity contribution in [3.63, 3.8) is 0 Å². The number of amides is 1. The summed E-state index contributed by atoms with van der Waals surface area (Å²) in [5, 5.41) is 15.7. The summed E-state index contributed by atoms with van der Waals surface area (Å²) in [6.45, 7) is 4.89. The zero-order chi connectivity index (χ0) is 16.3. The second kappa shape index (κ2) is 6.30. The van der Waals surface area contributed by atoms with Crippen LogP contribution in [0.4, 0.5) is 5.82 Å². The van der Waals surface area contributed by atoms with Crippen LogP contribution in [-0.4, -0.2) is 28.2 Å². The van der Waals surface area contributed by atoms with Gasteiger partial charge in [-0.1, -0.05) is 16.8 Å². The Hall–Kier alpha value is -2.83. The van der Waals surface area contributed by atoms with E-state index in [1.807, 2.05) is 0 Å². The molecule has 0 saturated heterocycles. The third-order valence-corrected chi connectivity index (χ3v) is 2.90. The molecule has 0 radical (unpaired) electrons. The number of carbonyl (C=O) groups excluding carboxylic acids is 2.